The Morgan fingerprint density at radius 3 is 2.00 bits per heavy atom. The molecule has 3 rings (SSSR count). The fourth-order valence-corrected chi connectivity index (χ4v) is 3.33. The Kier molecular flexibility index (Phi) is 4.46. The van der Waals surface area contributed by atoms with Crippen LogP contribution in [0.3, 0.4) is 0 Å². The summed E-state index contributed by atoms with van der Waals surface area (Å²) in [5.74, 6) is -0.846. The number of aliphatic hydroxyl groups is 1. The van der Waals surface area contributed by atoms with E-state index in [-0.39, 0.29) is 0 Å². The summed E-state index contributed by atoms with van der Waals surface area (Å²) in [6.45, 7) is 1.11. The molecular weight excluding hydrogens is 290 g/mol. The second kappa shape index (κ2) is 6.52. The Morgan fingerprint density at radius 1 is 0.957 bits per heavy atom. The number of rotatable bonds is 4. The van der Waals surface area contributed by atoms with Gasteiger partial charge >= 0.3 is 5.97 Å². The molecule has 1 aliphatic heterocycles. The summed E-state index contributed by atoms with van der Waals surface area (Å²) in [6, 6.07) is 18.3. The Bertz CT molecular complexity index is 649. The molecule has 0 aromatic heterocycles. The van der Waals surface area contributed by atoms with E-state index in [9.17, 15) is 15.0 Å². The molecule has 1 fully saturated rings. The standard InChI is InChI=1S/C19H21NO3/c21-18(22)17(15-7-3-1-4-8-15)20-13-11-19(23,12-14-20)16-9-5-2-6-10-16/h1-10,17,23H,11-14H2,(H,21,22)/t17-/m1/s1. The first-order valence-corrected chi connectivity index (χ1v) is 7.90. The highest BCUT2D eigenvalue weighted by molar-refractivity contribution is 5.75. The minimum Gasteiger partial charge on any atom is -0.480 e. The first-order chi connectivity index (χ1) is 11.1. The highest BCUT2D eigenvalue weighted by Crippen LogP contribution is 2.35. The molecule has 2 aromatic rings. The first-order valence-electron chi connectivity index (χ1n) is 7.90. The van der Waals surface area contributed by atoms with Gasteiger partial charge in [-0.1, -0.05) is 60.7 Å². The van der Waals surface area contributed by atoms with Crippen LogP contribution in [0.25, 0.3) is 0 Å². The van der Waals surface area contributed by atoms with E-state index in [4.69, 9.17) is 0 Å². The topological polar surface area (TPSA) is 60.8 Å². The SMILES string of the molecule is O=C(O)[C@@H](c1ccccc1)N1CCC(O)(c2ccccc2)CC1. The van der Waals surface area contributed by atoms with Crippen molar-refractivity contribution in [2.75, 3.05) is 13.1 Å². The van der Waals surface area contributed by atoms with Crippen LogP contribution in [-0.2, 0) is 10.4 Å². The van der Waals surface area contributed by atoms with Gasteiger partial charge in [0.2, 0.25) is 0 Å². The molecule has 0 radical (unpaired) electrons. The van der Waals surface area contributed by atoms with E-state index in [1.807, 2.05) is 65.6 Å². The van der Waals surface area contributed by atoms with Crippen LogP contribution in [0.15, 0.2) is 60.7 Å². The predicted octanol–water partition coefficient (Wildman–Crippen LogP) is 2.80. The maximum Gasteiger partial charge on any atom is 0.325 e. The highest BCUT2D eigenvalue weighted by atomic mass is 16.4. The van der Waals surface area contributed by atoms with Gasteiger partial charge in [0, 0.05) is 13.1 Å². The number of likely N-dealkylation sites (tertiary alicyclic amines) is 1. The van der Waals surface area contributed by atoms with E-state index in [0.29, 0.717) is 25.9 Å². The van der Waals surface area contributed by atoms with Crippen molar-refractivity contribution < 1.29 is 15.0 Å². The molecule has 1 heterocycles. The summed E-state index contributed by atoms with van der Waals surface area (Å²) in [5.41, 5.74) is 0.828. The molecule has 0 bridgehead atoms. The molecule has 0 amide bonds. The van der Waals surface area contributed by atoms with Crippen molar-refractivity contribution in [2.24, 2.45) is 0 Å². The zero-order chi connectivity index (χ0) is 16.3. The van der Waals surface area contributed by atoms with Crippen LogP contribution in [0.1, 0.15) is 30.0 Å². The lowest BCUT2D eigenvalue weighted by molar-refractivity contribution is -0.145. The van der Waals surface area contributed by atoms with E-state index in [0.717, 1.165) is 11.1 Å². The number of carbonyl (C=O) groups is 1. The summed E-state index contributed by atoms with van der Waals surface area (Å²) in [6.07, 6.45) is 1.07. The summed E-state index contributed by atoms with van der Waals surface area (Å²) in [7, 11) is 0. The average molecular weight is 311 g/mol. The van der Waals surface area contributed by atoms with Gasteiger partial charge in [0.25, 0.3) is 0 Å². The van der Waals surface area contributed by atoms with Gasteiger partial charge in [0.1, 0.15) is 6.04 Å². The Balaban J connectivity index is 1.76. The molecule has 2 aromatic carbocycles. The number of carboxylic acids is 1. The molecule has 120 valence electrons. The molecule has 1 atom stereocenters. The van der Waals surface area contributed by atoms with Gasteiger partial charge < -0.3 is 10.2 Å². The van der Waals surface area contributed by atoms with E-state index >= 15 is 0 Å². The third-order valence-corrected chi connectivity index (χ3v) is 4.65. The summed E-state index contributed by atoms with van der Waals surface area (Å²) >= 11 is 0. The molecule has 0 spiro atoms. The smallest absolute Gasteiger partial charge is 0.325 e. The molecular formula is C19H21NO3. The van der Waals surface area contributed by atoms with Gasteiger partial charge in [-0.3, -0.25) is 9.69 Å². The first kappa shape index (κ1) is 15.7. The van der Waals surface area contributed by atoms with E-state index in [1.165, 1.54) is 0 Å². The fourth-order valence-electron chi connectivity index (χ4n) is 3.33. The molecule has 1 saturated heterocycles. The second-order valence-electron chi connectivity index (χ2n) is 6.09. The molecule has 0 saturated carbocycles. The Morgan fingerprint density at radius 2 is 1.48 bits per heavy atom. The molecule has 0 aliphatic carbocycles. The van der Waals surface area contributed by atoms with Gasteiger partial charge in [-0.25, -0.2) is 0 Å². The number of hydrogen-bond acceptors (Lipinski definition) is 3. The van der Waals surface area contributed by atoms with Gasteiger partial charge in [-0.15, -0.1) is 0 Å². The molecule has 4 nitrogen and oxygen atoms in total. The number of carboxylic acid groups (broad SMARTS) is 1. The second-order valence-corrected chi connectivity index (χ2v) is 6.09. The van der Waals surface area contributed by atoms with Crippen molar-refractivity contribution in [3.8, 4) is 0 Å². The van der Waals surface area contributed by atoms with E-state index in [1.54, 1.807) is 0 Å². The van der Waals surface area contributed by atoms with Crippen molar-refractivity contribution in [2.45, 2.75) is 24.5 Å². The van der Waals surface area contributed by atoms with Crippen LogP contribution in [0.4, 0.5) is 0 Å². The molecule has 0 unspecified atom stereocenters. The quantitative estimate of drug-likeness (QED) is 0.911. The van der Waals surface area contributed by atoms with Crippen molar-refractivity contribution >= 4 is 5.97 Å². The van der Waals surface area contributed by atoms with Crippen LogP contribution in [0, 0.1) is 0 Å². The maximum atomic E-state index is 11.7. The molecule has 4 heteroatoms. The monoisotopic (exact) mass is 311 g/mol. The minimum absolute atomic E-state index is 0.535. The number of nitrogens with zero attached hydrogens (tertiary/aromatic N) is 1. The molecule has 1 aliphatic rings. The van der Waals surface area contributed by atoms with E-state index in [2.05, 4.69) is 0 Å². The molecule has 23 heavy (non-hydrogen) atoms. The summed E-state index contributed by atoms with van der Waals surface area (Å²) in [5, 5.41) is 20.5. The number of hydrogen-bond donors (Lipinski definition) is 2. The number of piperidine rings is 1. The van der Waals surface area contributed by atoms with Crippen molar-refractivity contribution in [1.29, 1.82) is 0 Å². The number of aliphatic carboxylic acids is 1. The maximum absolute atomic E-state index is 11.7. The van der Waals surface area contributed by atoms with Crippen LogP contribution in [-0.4, -0.2) is 34.2 Å². The third kappa shape index (κ3) is 3.28. The lowest BCUT2D eigenvalue weighted by atomic mass is 9.83. The van der Waals surface area contributed by atoms with Crippen molar-refractivity contribution in [3.05, 3.63) is 71.8 Å². The van der Waals surface area contributed by atoms with Crippen LogP contribution in [0.2, 0.25) is 0 Å². The number of benzene rings is 2. The minimum atomic E-state index is -0.864. The predicted molar refractivity (Wildman–Crippen MR) is 88.0 cm³/mol. The lowest BCUT2D eigenvalue weighted by Crippen LogP contribution is -2.45. The van der Waals surface area contributed by atoms with Crippen LogP contribution < -0.4 is 0 Å². The van der Waals surface area contributed by atoms with Crippen molar-refractivity contribution in [1.82, 2.24) is 4.90 Å². The van der Waals surface area contributed by atoms with Gasteiger partial charge in [0.15, 0.2) is 0 Å². The zero-order valence-electron chi connectivity index (χ0n) is 12.9. The van der Waals surface area contributed by atoms with Gasteiger partial charge in [0.05, 0.1) is 5.60 Å². The third-order valence-electron chi connectivity index (χ3n) is 4.65. The van der Waals surface area contributed by atoms with Crippen molar-refractivity contribution in [3.63, 3.8) is 0 Å². The Labute approximate surface area is 136 Å². The molecule has 2 N–H and O–H groups in total. The highest BCUT2D eigenvalue weighted by Gasteiger charge is 2.38. The normalized spacial score (nSPS) is 19.2. The van der Waals surface area contributed by atoms with Crippen LogP contribution in [0.5, 0.6) is 0 Å². The lowest BCUT2D eigenvalue weighted by Gasteiger charge is -2.40. The van der Waals surface area contributed by atoms with Gasteiger partial charge in [-0.05, 0) is 24.0 Å². The zero-order valence-corrected chi connectivity index (χ0v) is 12.9. The van der Waals surface area contributed by atoms with Gasteiger partial charge in [-0.2, -0.15) is 0 Å². The van der Waals surface area contributed by atoms with Crippen LogP contribution >= 0.6 is 0 Å². The Hall–Kier alpha value is -2.17. The summed E-state index contributed by atoms with van der Waals surface area (Å²) < 4.78 is 0. The largest absolute Gasteiger partial charge is 0.480 e. The average Bonchev–Trinajstić information content (AvgIpc) is 2.58. The fraction of sp³-hybridized carbons (Fsp3) is 0.316. The summed E-state index contributed by atoms with van der Waals surface area (Å²) in [4.78, 5) is 13.7. The van der Waals surface area contributed by atoms with E-state index < -0.39 is 17.6 Å².